The van der Waals surface area contributed by atoms with Crippen molar-refractivity contribution in [1.29, 1.82) is 0 Å². The number of rotatable bonds is 4. The lowest BCUT2D eigenvalue weighted by atomic mass is 10.4. The van der Waals surface area contributed by atoms with Crippen molar-refractivity contribution < 1.29 is 0 Å². The van der Waals surface area contributed by atoms with Gasteiger partial charge < -0.3 is 5.32 Å². The summed E-state index contributed by atoms with van der Waals surface area (Å²) in [5.41, 5.74) is 2.72. The average Bonchev–Trinajstić information content (AvgIpc) is 2.61. The third-order valence-electron chi connectivity index (χ3n) is 1.53. The van der Waals surface area contributed by atoms with Gasteiger partial charge in [0.1, 0.15) is 0 Å². The van der Waals surface area contributed by atoms with E-state index in [1.807, 2.05) is 6.07 Å². The third-order valence-corrected chi connectivity index (χ3v) is 2.70. The number of nitrogens with one attached hydrogen (secondary N) is 2. The summed E-state index contributed by atoms with van der Waals surface area (Å²) in [6, 6.07) is 4.08. The largest absolute Gasteiger partial charge is 0.358 e. The first-order valence-electron chi connectivity index (χ1n) is 4.46. The van der Waals surface area contributed by atoms with Gasteiger partial charge in [-0.15, -0.1) is 17.9 Å². The van der Waals surface area contributed by atoms with Crippen molar-refractivity contribution in [2.75, 3.05) is 6.54 Å². The molecule has 0 radical (unpaired) electrons. The van der Waals surface area contributed by atoms with Crippen molar-refractivity contribution in [2.45, 2.75) is 6.92 Å². The lowest BCUT2D eigenvalue weighted by molar-refractivity contribution is 0.942. The molecule has 15 heavy (non-hydrogen) atoms. The zero-order valence-corrected chi connectivity index (χ0v) is 10.1. The van der Waals surface area contributed by atoms with Crippen LogP contribution in [0.25, 0.3) is 0 Å². The molecule has 0 aliphatic heterocycles. The summed E-state index contributed by atoms with van der Waals surface area (Å²) in [6.45, 7) is 6.28. The monoisotopic (exact) mass is 239 g/mol. The van der Waals surface area contributed by atoms with Crippen LogP contribution >= 0.6 is 23.6 Å². The second kappa shape index (κ2) is 6.31. The molecule has 5 heteroatoms. The van der Waals surface area contributed by atoms with Crippen molar-refractivity contribution in [3.63, 3.8) is 0 Å². The van der Waals surface area contributed by atoms with Crippen LogP contribution in [0.5, 0.6) is 0 Å². The van der Waals surface area contributed by atoms with E-state index < -0.39 is 0 Å². The van der Waals surface area contributed by atoms with Crippen LogP contribution in [-0.2, 0) is 0 Å². The minimum absolute atomic E-state index is 0.499. The number of nitrogens with zero attached hydrogens (tertiary/aromatic N) is 1. The maximum atomic E-state index is 4.96. The van der Waals surface area contributed by atoms with Crippen molar-refractivity contribution in [2.24, 2.45) is 5.10 Å². The number of hydrazone groups is 1. The topological polar surface area (TPSA) is 36.4 Å². The van der Waals surface area contributed by atoms with Gasteiger partial charge in [-0.25, -0.2) is 0 Å². The summed E-state index contributed by atoms with van der Waals surface area (Å²) in [5, 5.41) is 7.42. The zero-order valence-electron chi connectivity index (χ0n) is 8.49. The van der Waals surface area contributed by atoms with Crippen LogP contribution < -0.4 is 10.7 Å². The molecule has 1 rings (SSSR count). The van der Waals surface area contributed by atoms with Gasteiger partial charge in [0.2, 0.25) is 0 Å². The molecule has 0 fully saturated rings. The Labute approximate surface area is 98.9 Å². The fourth-order valence-electron chi connectivity index (χ4n) is 0.882. The van der Waals surface area contributed by atoms with E-state index in [9.17, 15) is 0 Å². The molecule has 0 atom stereocenters. The van der Waals surface area contributed by atoms with Crippen molar-refractivity contribution in [3.05, 3.63) is 34.5 Å². The van der Waals surface area contributed by atoms with E-state index in [2.05, 4.69) is 35.4 Å². The fourth-order valence-corrected chi connectivity index (χ4v) is 1.77. The second-order valence-electron chi connectivity index (χ2n) is 2.82. The Hall–Kier alpha value is -1.20. The first-order chi connectivity index (χ1) is 7.22. The maximum Gasteiger partial charge on any atom is 0.187 e. The van der Waals surface area contributed by atoms with Crippen LogP contribution in [0.1, 0.15) is 9.75 Å². The van der Waals surface area contributed by atoms with Gasteiger partial charge in [-0.05, 0) is 31.3 Å². The summed E-state index contributed by atoms with van der Waals surface area (Å²) in [7, 11) is 0. The molecule has 0 spiro atoms. The molecule has 0 amide bonds. The van der Waals surface area contributed by atoms with Gasteiger partial charge in [0.25, 0.3) is 0 Å². The number of aryl methyl sites for hydroxylation is 1. The van der Waals surface area contributed by atoms with E-state index in [0.29, 0.717) is 11.7 Å². The highest BCUT2D eigenvalue weighted by Gasteiger charge is 1.92. The molecule has 1 heterocycles. The van der Waals surface area contributed by atoms with Crippen LogP contribution in [0.2, 0.25) is 0 Å². The van der Waals surface area contributed by atoms with E-state index in [1.165, 1.54) is 4.88 Å². The standard InChI is InChI=1S/C10H13N3S2/c1-3-6-11-10(14)13-12-7-9-5-4-8(2)15-9/h3-5,7H,1,6H2,2H3,(H2,11,13,14). The van der Waals surface area contributed by atoms with Gasteiger partial charge in [-0.3, -0.25) is 5.43 Å². The molecule has 0 unspecified atom stereocenters. The minimum atomic E-state index is 0.499. The predicted molar refractivity (Wildman–Crippen MR) is 70.6 cm³/mol. The van der Waals surface area contributed by atoms with Crippen molar-refractivity contribution >= 4 is 34.9 Å². The average molecular weight is 239 g/mol. The maximum absolute atomic E-state index is 4.96. The molecule has 1 aromatic heterocycles. The van der Waals surface area contributed by atoms with Gasteiger partial charge in [-0.2, -0.15) is 5.10 Å². The number of hydrogen-bond donors (Lipinski definition) is 2. The molecule has 0 saturated carbocycles. The van der Waals surface area contributed by atoms with Crippen molar-refractivity contribution in [1.82, 2.24) is 10.7 Å². The molecule has 2 N–H and O–H groups in total. The van der Waals surface area contributed by atoms with E-state index in [0.717, 1.165) is 4.88 Å². The minimum Gasteiger partial charge on any atom is -0.358 e. The summed E-state index contributed by atoms with van der Waals surface area (Å²) < 4.78 is 0. The molecule has 0 saturated heterocycles. The van der Waals surface area contributed by atoms with Gasteiger partial charge in [0.05, 0.1) is 6.21 Å². The SMILES string of the molecule is C=CCNC(=S)NN=Cc1ccc(C)s1. The quantitative estimate of drug-likeness (QED) is 0.365. The lowest BCUT2D eigenvalue weighted by Gasteiger charge is -2.02. The molecule has 0 aliphatic rings. The summed E-state index contributed by atoms with van der Waals surface area (Å²) in [4.78, 5) is 2.37. The smallest absolute Gasteiger partial charge is 0.187 e. The number of thiocarbonyl (C=S) groups is 1. The first-order valence-corrected chi connectivity index (χ1v) is 5.69. The summed E-state index contributed by atoms with van der Waals surface area (Å²) >= 11 is 6.65. The highest BCUT2D eigenvalue weighted by Crippen LogP contribution is 2.11. The van der Waals surface area contributed by atoms with Crippen LogP contribution in [0.15, 0.2) is 29.9 Å². The van der Waals surface area contributed by atoms with Crippen LogP contribution in [0.4, 0.5) is 0 Å². The molecule has 0 bridgehead atoms. The van der Waals surface area contributed by atoms with E-state index in [1.54, 1.807) is 23.6 Å². The molecule has 80 valence electrons. The Morgan fingerprint density at radius 3 is 3.07 bits per heavy atom. The first kappa shape index (κ1) is 11.9. The number of thiophene rings is 1. The van der Waals surface area contributed by atoms with Gasteiger partial charge >= 0.3 is 0 Å². The second-order valence-corrected chi connectivity index (χ2v) is 4.54. The number of hydrogen-bond acceptors (Lipinski definition) is 3. The molecule has 0 aliphatic carbocycles. The van der Waals surface area contributed by atoms with Gasteiger partial charge in [0.15, 0.2) is 5.11 Å². The Kier molecular flexibility index (Phi) is 5.00. The summed E-state index contributed by atoms with van der Waals surface area (Å²) in [6.07, 6.45) is 3.49. The molecule has 0 aromatic carbocycles. The highest BCUT2D eigenvalue weighted by molar-refractivity contribution is 7.80. The molecule has 3 nitrogen and oxygen atoms in total. The van der Waals surface area contributed by atoms with Gasteiger partial charge in [-0.1, -0.05) is 6.08 Å². The highest BCUT2D eigenvalue weighted by atomic mass is 32.1. The Morgan fingerprint density at radius 1 is 1.67 bits per heavy atom. The van der Waals surface area contributed by atoms with Crippen molar-refractivity contribution in [3.8, 4) is 0 Å². The van der Waals surface area contributed by atoms with Crippen LogP contribution in [-0.4, -0.2) is 17.9 Å². The van der Waals surface area contributed by atoms with E-state index >= 15 is 0 Å². The molecular weight excluding hydrogens is 226 g/mol. The summed E-state index contributed by atoms with van der Waals surface area (Å²) in [5.74, 6) is 0. The zero-order chi connectivity index (χ0) is 11.1. The fraction of sp³-hybridized carbons (Fsp3) is 0.200. The Balaban J connectivity index is 2.33. The van der Waals surface area contributed by atoms with Gasteiger partial charge in [0, 0.05) is 16.3 Å². The predicted octanol–water partition coefficient (Wildman–Crippen LogP) is 2.04. The van der Waals surface area contributed by atoms with Crippen LogP contribution in [0, 0.1) is 6.92 Å². The third kappa shape index (κ3) is 4.71. The normalized spacial score (nSPS) is 10.2. The lowest BCUT2D eigenvalue weighted by Crippen LogP contribution is -2.31. The Bertz CT molecular complexity index is 368. The molecule has 1 aromatic rings. The van der Waals surface area contributed by atoms with E-state index in [-0.39, 0.29) is 0 Å². The van der Waals surface area contributed by atoms with E-state index in [4.69, 9.17) is 12.2 Å². The van der Waals surface area contributed by atoms with Crippen LogP contribution in [0.3, 0.4) is 0 Å². The Morgan fingerprint density at radius 2 is 2.47 bits per heavy atom. The molecular formula is C10H13N3S2.